The first-order valence-electron chi connectivity index (χ1n) is 23.1. The SMILES string of the molecule is CCn1c2ccccc2c2nc3c4ccccc4c4ccccc4c3c(-c3ccccc3)c21.CCn1c2ccccc2c2nc3c4ccccc4c4ccccc4c3c(-c3ccccc3)c21. The molecule has 4 heterocycles. The Labute approximate surface area is 381 Å². The van der Waals surface area contributed by atoms with Crippen LogP contribution in [0.5, 0.6) is 0 Å². The monoisotopic (exact) mass is 844 g/mol. The van der Waals surface area contributed by atoms with Crippen LogP contribution < -0.4 is 0 Å². The van der Waals surface area contributed by atoms with Crippen LogP contribution >= 0.6 is 0 Å². The molecular formula is C62H44N4. The number of aryl methyl sites for hydroxylation is 2. The van der Waals surface area contributed by atoms with Crippen molar-refractivity contribution >= 4 is 109 Å². The van der Waals surface area contributed by atoms with Gasteiger partial charge >= 0.3 is 0 Å². The van der Waals surface area contributed by atoms with Crippen LogP contribution in [-0.2, 0) is 13.1 Å². The van der Waals surface area contributed by atoms with Gasteiger partial charge in [0, 0.05) is 56.5 Å². The Morgan fingerprint density at radius 2 is 0.576 bits per heavy atom. The molecule has 0 aliphatic heterocycles. The molecule has 66 heavy (non-hydrogen) atoms. The molecule has 0 amide bonds. The van der Waals surface area contributed by atoms with Crippen molar-refractivity contribution in [2.45, 2.75) is 26.9 Å². The third-order valence-corrected chi connectivity index (χ3v) is 13.9. The van der Waals surface area contributed by atoms with Crippen molar-refractivity contribution < 1.29 is 0 Å². The Balaban J connectivity index is 0.000000132. The molecule has 4 nitrogen and oxygen atoms in total. The van der Waals surface area contributed by atoms with Gasteiger partial charge < -0.3 is 9.13 Å². The van der Waals surface area contributed by atoms with Crippen LogP contribution in [0.3, 0.4) is 0 Å². The lowest BCUT2D eigenvalue weighted by atomic mass is 9.91. The van der Waals surface area contributed by atoms with E-state index in [-0.39, 0.29) is 0 Å². The minimum absolute atomic E-state index is 0.891. The summed E-state index contributed by atoms with van der Waals surface area (Å²) >= 11 is 0. The Bertz CT molecular complexity index is 3960. The molecule has 14 rings (SSSR count). The molecule has 0 radical (unpaired) electrons. The quantitative estimate of drug-likeness (QED) is 0.165. The van der Waals surface area contributed by atoms with Gasteiger partial charge in [-0.05, 0) is 69.4 Å². The van der Waals surface area contributed by atoms with Gasteiger partial charge in [0.25, 0.3) is 0 Å². The number of fused-ring (bicyclic) bond motifs is 18. The highest BCUT2D eigenvalue weighted by Crippen LogP contribution is 2.47. The number of para-hydroxylation sites is 2. The van der Waals surface area contributed by atoms with Crippen molar-refractivity contribution in [1.82, 2.24) is 19.1 Å². The summed E-state index contributed by atoms with van der Waals surface area (Å²) in [5.41, 5.74) is 14.2. The van der Waals surface area contributed by atoms with E-state index in [2.05, 4.69) is 229 Å². The Morgan fingerprint density at radius 3 is 0.939 bits per heavy atom. The molecule has 0 aliphatic rings. The second-order valence-corrected chi connectivity index (χ2v) is 17.3. The van der Waals surface area contributed by atoms with Gasteiger partial charge in [0.05, 0.1) is 44.1 Å². The summed E-state index contributed by atoms with van der Waals surface area (Å²) in [4.78, 5) is 10.8. The van der Waals surface area contributed by atoms with Crippen LogP contribution in [0.25, 0.3) is 131 Å². The van der Waals surface area contributed by atoms with E-state index >= 15 is 0 Å². The number of rotatable bonds is 4. The lowest BCUT2D eigenvalue weighted by molar-refractivity contribution is 0.827. The number of nitrogens with zero attached hydrogens (tertiary/aromatic N) is 4. The van der Waals surface area contributed by atoms with Crippen molar-refractivity contribution in [2.75, 3.05) is 0 Å². The van der Waals surface area contributed by atoms with Crippen molar-refractivity contribution in [1.29, 1.82) is 0 Å². The van der Waals surface area contributed by atoms with E-state index in [4.69, 9.17) is 9.97 Å². The topological polar surface area (TPSA) is 35.6 Å². The van der Waals surface area contributed by atoms with Crippen molar-refractivity contribution in [3.63, 3.8) is 0 Å². The Kier molecular flexibility index (Phi) is 8.75. The van der Waals surface area contributed by atoms with E-state index in [1.165, 1.54) is 109 Å². The van der Waals surface area contributed by atoms with Crippen LogP contribution in [0.15, 0.2) is 206 Å². The first-order valence-corrected chi connectivity index (χ1v) is 23.1. The van der Waals surface area contributed by atoms with Gasteiger partial charge in [0.15, 0.2) is 0 Å². The summed E-state index contributed by atoms with van der Waals surface area (Å²) in [6.07, 6.45) is 0. The smallest absolute Gasteiger partial charge is 0.0974 e. The first-order chi connectivity index (χ1) is 32.7. The maximum absolute atomic E-state index is 5.42. The molecule has 10 aromatic carbocycles. The molecule has 0 fully saturated rings. The minimum atomic E-state index is 0.891. The number of aromatic nitrogens is 4. The van der Waals surface area contributed by atoms with E-state index < -0.39 is 0 Å². The van der Waals surface area contributed by atoms with Gasteiger partial charge in [-0.3, -0.25) is 0 Å². The van der Waals surface area contributed by atoms with Crippen molar-refractivity contribution in [2.24, 2.45) is 0 Å². The molecule has 0 spiro atoms. The molecule has 4 heteroatoms. The normalized spacial score (nSPS) is 11.9. The van der Waals surface area contributed by atoms with Gasteiger partial charge in [-0.15, -0.1) is 0 Å². The minimum Gasteiger partial charge on any atom is -0.339 e. The van der Waals surface area contributed by atoms with E-state index in [0.29, 0.717) is 0 Å². The highest BCUT2D eigenvalue weighted by molar-refractivity contribution is 6.33. The molecular weight excluding hydrogens is 801 g/mol. The van der Waals surface area contributed by atoms with E-state index in [0.717, 1.165) is 35.2 Å². The van der Waals surface area contributed by atoms with E-state index in [1.807, 2.05) is 0 Å². The van der Waals surface area contributed by atoms with Gasteiger partial charge in [-0.1, -0.05) is 194 Å². The zero-order valence-corrected chi connectivity index (χ0v) is 36.8. The van der Waals surface area contributed by atoms with Crippen LogP contribution in [0.1, 0.15) is 13.8 Å². The summed E-state index contributed by atoms with van der Waals surface area (Å²) in [6.45, 7) is 6.23. The second-order valence-electron chi connectivity index (χ2n) is 17.3. The molecule has 0 saturated heterocycles. The number of hydrogen-bond donors (Lipinski definition) is 0. The molecule has 312 valence electrons. The zero-order valence-electron chi connectivity index (χ0n) is 36.8. The first kappa shape index (κ1) is 38.1. The van der Waals surface area contributed by atoms with Crippen molar-refractivity contribution in [3.05, 3.63) is 206 Å². The van der Waals surface area contributed by atoms with Crippen LogP contribution in [0.4, 0.5) is 0 Å². The molecule has 0 aliphatic carbocycles. The molecule has 0 unspecified atom stereocenters. The predicted molar refractivity (Wildman–Crippen MR) is 282 cm³/mol. The largest absolute Gasteiger partial charge is 0.339 e. The number of pyridine rings is 2. The number of benzene rings is 10. The molecule has 0 bridgehead atoms. The lowest BCUT2D eigenvalue weighted by Crippen LogP contribution is -1.98. The molecule has 14 aromatic rings. The van der Waals surface area contributed by atoms with E-state index in [1.54, 1.807) is 0 Å². The highest BCUT2D eigenvalue weighted by Gasteiger charge is 2.24. The molecule has 0 atom stereocenters. The standard InChI is InChI=1S/2C31H22N2/c2*1-2-33-26-19-11-10-18-25(26)30-31(33)27(20-12-4-3-5-13-20)28-23-16-8-6-14-21(23)22-15-7-9-17-24(22)29(28)32-30/h2*3-19H,2H2,1H3. The maximum Gasteiger partial charge on any atom is 0.0974 e. The van der Waals surface area contributed by atoms with Crippen LogP contribution in [0.2, 0.25) is 0 Å². The molecule has 4 aromatic heterocycles. The Morgan fingerprint density at radius 1 is 0.288 bits per heavy atom. The average Bonchev–Trinajstić information content (AvgIpc) is 3.90. The van der Waals surface area contributed by atoms with Gasteiger partial charge in [-0.25, -0.2) is 9.97 Å². The fourth-order valence-electron chi connectivity index (χ4n) is 11.2. The predicted octanol–water partition coefficient (Wildman–Crippen LogP) is 16.7. The van der Waals surface area contributed by atoms with Gasteiger partial charge in [0.1, 0.15) is 0 Å². The second kappa shape index (κ2) is 15.1. The average molecular weight is 845 g/mol. The lowest BCUT2D eigenvalue weighted by Gasteiger charge is -2.16. The fraction of sp³-hybridized carbons (Fsp3) is 0.0645. The van der Waals surface area contributed by atoms with Gasteiger partial charge in [-0.2, -0.15) is 0 Å². The molecule has 0 N–H and O–H groups in total. The summed E-state index contributed by atoms with van der Waals surface area (Å²) in [6, 6.07) is 73.9. The van der Waals surface area contributed by atoms with Gasteiger partial charge in [0.2, 0.25) is 0 Å². The molecule has 0 saturated carbocycles. The fourth-order valence-corrected chi connectivity index (χ4v) is 11.2. The third-order valence-electron chi connectivity index (χ3n) is 13.9. The van der Waals surface area contributed by atoms with Crippen LogP contribution in [0, 0.1) is 0 Å². The summed E-state index contributed by atoms with van der Waals surface area (Å²) in [7, 11) is 0. The van der Waals surface area contributed by atoms with Crippen molar-refractivity contribution in [3.8, 4) is 22.3 Å². The van der Waals surface area contributed by atoms with Crippen LogP contribution in [-0.4, -0.2) is 19.1 Å². The summed E-state index contributed by atoms with van der Waals surface area (Å²) < 4.78 is 4.87. The summed E-state index contributed by atoms with van der Waals surface area (Å²) in [5.74, 6) is 0. The summed E-state index contributed by atoms with van der Waals surface area (Å²) in [5, 5.41) is 14.9. The number of hydrogen-bond acceptors (Lipinski definition) is 2. The Hall–Kier alpha value is -8.34. The highest BCUT2D eigenvalue weighted by atomic mass is 15.0. The van der Waals surface area contributed by atoms with E-state index in [9.17, 15) is 0 Å². The zero-order chi connectivity index (χ0) is 43.9. The third kappa shape index (κ3) is 5.51. The maximum atomic E-state index is 5.42.